The summed E-state index contributed by atoms with van der Waals surface area (Å²) in [5.41, 5.74) is 1.62. The van der Waals surface area contributed by atoms with E-state index in [0.29, 0.717) is 5.82 Å². The molecule has 2 N–H and O–H groups in total. The Morgan fingerprint density at radius 3 is 2.56 bits per heavy atom. The average Bonchev–Trinajstić information content (AvgIpc) is 3.22. The third-order valence-corrected chi connectivity index (χ3v) is 9.72. The normalized spacial score (nSPS) is 24.5. The van der Waals surface area contributed by atoms with E-state index in [1.54, 1.807) is 14.0 Å². The number of benzene rings is 1. The molecule has 1 unspecified atom stereocenters. The van der Waals surface area contributed by atoms with Gasteiger partial charge in [0.2, 0.25) is 0 Å². The molecule has 1 aliphatic carbocycles. The van der Waals surface area contributed by atoms with Crippen LogP contribution in [0.3, 0.4) is 0 Å². The molecule has 4 atom stereocenters. The van der Waals surface area contributed by atoms with Gasteiger partial charge in [-0.05, 0) is 83.0 Å². The second-order valence-electron chi connectivity index (χ2n) is 11.9. The summed E-state index contributed by atoms with van der Waals surface area (Å²) in [7, 11) is 5.50. The van der Waals surface area contributed by atoms with Crippen molar-refractivity contribution in [3.8, 4) is 0 Å². The Hall–Kier alpha value is -1.92. The maximum Gasteiger partial charge on any atom is 0.408 e. The number of nitrogens with zero attached hydrogens (tertiary/aromatic N) is 1. The Morgan fingerprint density at radius 1 is 1.26 bits per heavy atom. The zero-order valence-corrected chi connectivity index (χ0v) is 27.3. The van der Waals surface area contributed by atoms with Crippen molar-refractivity contribution in [2.45, 2.75) is 92.7 Å². The summed E-state index contributed by atoms with van der Waals surface area (Å²) in [4.78, 5) is 34.3. The molecule has 3 radical (unpaired) electrons. The fourth-order valence-electron chi connectivity index (χ4n) is 4.92. The van der Waals surface area contributed by atoms with E-state index >= 15 is 0 Å². The van der Waals surface area contributed by atoms with Gasteiger partial charge in [0.05, 0.1) is 27.7 Å². The predicted molar refractivity (Wildman–Crippen MR) is 163 cm³/mol. The molecule has 0 spiro atoms. The standard InChI is InChI=1S/C29H41IN3O5Si/c1-9-37-24(34)28(7,17-36-8)19-10-11-20-21(16-19)32-23(31-20)22(33-25(35)38-26(3,4)5)29(30)15-14-27(6,39)13-12-18(29)2/h10-11,16,22H,2,9,12-15,17H2,1,3-8H3,(H,31,32)(H,33,35)/t22-,27-,28?,29+/m1/s1. The third-order valence-electron chi connectivity index (χ3n) is 7.30. The minimum absolute atomic E-state index is 0.0198. The van der Waals surface area contributed by atoms with Crippen LogP contribution in [0.2, 0.25) is 5.04 Å². The highest BCUT2D eigenvalue weighted by Gasteiger charge is 2.46. The molecule has 1 amide bonds. The first-order valence-electron chi connectivity index (χ1n) is 13.3. The number of fused-ring (bicyclic) bond motifs is 1. The lowest BCUT2D eigenvalue weighted by atomic mass is 9.83. The molecule has 2 aromatic rings. The van der Waals surface area contributed by atoms with Gasteiger partial charge in [-0.15, -0.1) is 0 Å². The van der Waals surface area contributed by atoms with Gasteiger partial charge < -0.3 is 24.5 Å². The van der Waals surface area contributed by atoms with Crippen LogP contribution in [-0.4, -0.2) is 61.6 Å². The number of H-pyrrole nitrogens is 1. The van der Waals surface area contributed by atoms with E-state index in [1.165, 1.54) is 0 Å². The molecular weight excluding hydrogens is 625 g/mol. The number of halogens is 1. The van der Waals surface area contributed by atoms with Crippen LogP contribution in [0, 0.1) is 0 Å². The summed E-state index contributed by atoms with van der Waals surface area (Å²) in [5.74, 6) is 0.250. The number of carbonyl (C=O) groups is 2. The number of rotatable bonds is 8. The number of amides is 1. The zero-order valence-electron chi connectivity index (χ0n) is 24.1. The summed E-state index contributed by atoms with van der Waals surface area (Å²) >= 11 is 2.44. The Morgan fingerprint density at radius 2 is 1.95 bits per heavy atom. The van der Waals surface area contributed by atoms with Gasteiger partial charge in [0.15, 0.2) is 0 Å². The number of ether oxygens (including phenoxy) is 3. The highest BCUT2D eigenvalue weighted by molar-refractivity contribution is 14.1. The van der Waals surface area contributed by atoms with Crippen molar-refractivity contribution >= 4 is 55.9 Å². The summed E-state index contributed by atoms with van der Waals surface area (Å²) < 4.78 is 15.9. The van der Waals surface area contributed by atoms with Gasteiger partial charge in [-0.1, -0.05) is 47.7 Å². The van der Waals surface area contributed by atoms with Crippen molar-refractivity contribution in [2.24, 2.45) is 0 Å². The monoisotopic (exact) mass is 666 g/mol. The molecule has 213 valence electrons. The van der Waals surface area contributed by atoms with E-state index < -0.39 is 26.6 Å². The molecule has 8 nitrogen and oxygen atoms in total. The SMILES string of the molecule is C=C1CC[C@@](C)([Si])CC[C@@]1(I)[C@H](NC(=O)OC(C)(C)C)c1nc2ccc(C(C)(COC)C(=O)OCC)cc2[nH]1. The molecule has 1 aliphatic rings. The van der Waals surface area contributed by atoms with Crippen molar-refractivity contribution in [3.63, 3.8) is 0 Å². The second-order valence-corrected chi connectivity index (χ2v) is 15.1. The molecule has 0 aliphatic heterocycles. The number of hydrogen-bond donors (Lipinski definition) is 2. The molecule has 0 saturated heterocycles. The lowest BCUT2D eigenvalue weighted by Crippen LogP contribution is -2.45. The van der Waals surface area contributed by atoms with Crippen molar-refractivity contribution < 1.29 is 23.8 Å². The Labute approximate surface area is 249 Å². The van der Waals surface area contributed by atoms with E-state index in [0.717, 1.165) is 47.9 Å². The maximum absolute atomic E-state index is 13.1. The van der Waals surface area contributed by atoms with Gasteiger partial charge in [0, 0.05) is 17.4 Å². The highest BCUT2D eigenvalue weighted by Crippen LogP contribution is 2.52. The number of hydrogen-bond acceptors (Lipinski definition) is 6. The van der Waals surface area contributed by atoms with Crippen molar-refractivity contribution in [2.75, 3.05) is 20.3 Å². The molecule has 0 bridgehead atoms. The number of alkyl carbamates (subject to hydrolysis) is 1. The van der Waals surface area contributed by atoms with E-state index in [4.69, 9.17) is 19.2 Å². The smallest absolute Gasteiger partial charge is 0.408 e. The molecule has 1 saturated carbocycles. The number of esters is 1. The van der Waals surface area contributed by atoms with Crippen molar-refractivity contribution in [1.29, 1.82) is 0 Å². The third kappa shape index (κ3) is 7.24. The van der Waals surface area contributed by atoms with Gasteiger partial charge in [0.1, 0.15) is 22.9 Å². The molecule has 1 fully saturated rings. The molecule has 3 rings (SSSR count). The quantitative estimate of drug-likeness (QED) is 0.0864. The predicted octanol–water partition coefficient (Wildman–Crippen LogP) is 6.25. The number of carbonyl (C=O) groups excluding carboxylic acids is 2. The summed E-state index contributed by atoms with van der Waals surface area (Å²) in [6.07, 6.45) is 2.93. The van der Waals surface area contributed by atoms with Gasteiger partial charge in [-0.3, -0.25) is 4.79 Å². The summed E-state index contributed by atoms with van der Waals surface area (Å²) in [6, 6.07) is 5.13. The first-order chi connectivity index (χ1) is 18.0. The summed E-state index contributed by atoms with van der Waals surface area (Å²) in [5, 5.41) is 3.09. The average molecular weight is 667 g/mol. The van der Waals surface area contributed by atoms with Crippen LogP contribution in [0.4, 0.5) is 4.79 Å². The number of aromatic nitrogens is 2. The van der Waals surface area contributed by atoms with Crippen molar-refractivity contribution in [3.05, 3.63) is 41.7 Å². The number of alkyl halides is 1. The highest BCUT2D eigenvalue weighted by atomic mass is 127. The fraction of sp³-hybridized carbons (Fsp3) is 0.621. The number of nitrogens with one attached hydrogen (secondary N) is 2. The van der Waals surface area contributed by atoms with Crippen LogP contribution in [0.1, 0.15) is 84.7 Å². The lowest BCUT2D eigenvalue weighted by Gasteiger charge is -2.37. The molecule has 1 aromatic heterocycles. The van der Waals surface area contributed by atoms with Crippen LogP contribution in [0.5, 0.6) is 0 Å². The van der Waals surface area contributed by atoms with Gasteiger partial charge in [0.25, 0.3) is 0 Å². The van der Waals surface area contributed by atoms with E-state index in [1.807, 2.05) is 45.9 Å². The first kappa shape index (κ1) is 31.6. The topological polar surface area (TPSA) is 103 Å². The number of aromatic amines is 1. The van der Waals surface area contributed by atoms with Crippen LogP contribution in [-0.2, 0) is 24.4 Å². The van der Waals surface area contributed by atoms with Crippen LogP contribution < -0.4 is 5.32 Å². The molecule has 1 heterocycles. The number of methoxy groups -OCH3 is 1. The van der Waals surface area contributed by atoms with Crippen molar-refractivity contribution in [1.82, 2.24) is 15.3 Å². The van der Waals surface area contributed by atoms with E-state index in [2.05, 4.69) is 56.6 Å². The van der Waals surface area contributed by atoms with Gasteiger partial charge >= 0.3 is 12.1 Å². The van der Waals surface area contributed by atoms with E-state index in [9.17, 15) is 9.59 Å². The minimum Gasteiger partial charge on any atom is -0.465 e. The first-order valence-corrected chi connectivity index (χ1v) is 14.9. The Bertz CT molecular complexity index is 1220. The Balaban J connectivity index is 2.09. The number of imidazole rings is 1. The Kier molecular flexibility index (Phi) is 9.64. The minimum atomic E-state index is -0.988. The van der Waals surface area contributed by atoms with E-state index in [-0.39, 0.29) is 24.2 Å². The van der Waals surface area contributed by atoms with Crippen LogP contribution >= 0.6 is 22.6 Å². The molecule has 10 heteroatoms. The maximum atomic E-state index is 13.1. The summed E-state index contributed by atoms with van der Waals surface area (Å²) in [6.45, 7) is 16.2. The van der Waals surface area contributed by atoms with Crippen LogP contribution in [0.15, 0.2) is 30.4 Å². The fourth-order valence-corrected chi connectivity index (χ4v) is 6.16. The second kappa shape index (κ2) is 11.9. The lowest BCUT2D eigenvalue weighted by molar-refractivity contribution is -0.151. The van der Waals surface area contributed by atoms with Gasteiger partial charge in [-0.25, -0.2) is 9.78 Å². The zero-order chi connectivity index (χ0) is 29.2. The molecular formula is C29H41IN3O5Si. The largest absolute Gasteiger partial charge is 0.465 e. The molecule has 39 heavy (non-hydrogen) atoms. The van der Waals surface area contributed by atoms with Crippen LogP contribution in [0.25, 0.3) is 11.0 Å². The molecule has 1 aromatic carbocycles. The van der Waals surface area contributed by atoms with Gasteiger partial charge in [-0.2, -0.15) is 0 Å².